The van der Waals surface area contributed by atoms with Crippen molar-refractivity contribution in [1.29, 1.82) is 0 Å². The summed E-state index contributed by atoms with van der Waals surface area (Å²) in [5, 5.41) is 5.76. The first-order chi connectivity index (χ1) is 16.8. The molecule has 2 aromatic carbocycles. The van der Waals surface area contributed by atoms with E-state index in [2.05, 4.69) is 10.6 Å². The van der Waals surface area contributed by atoms with E-state index in [4.69, 9.17) is 9.47 Å². The van der Waals surface area contributed by atoms with Crippen LogP contribution in [0, 0.1) is 5.92 Å². The Labute approximate surface area is 206 Å². The highest BCUT2D eigenvalue weighted by molar-refractivity contribution is 7.89. The van der Waals surface area contributed by atoms with Gasteiger partial charge >= 0.3 is 0 Å². The molecule has 2 aromatic rings. The maximum atomic E-state index is 13.1. The minimum atomic E-state index is -3.74. The lowest BCUT2D eigenvalue weighted by Crippen LogP contribution is -2.35. The van der Waals surface area contributed by atoms with Crippen LogP contribution in [0.25, 0.3) is 0 Å². The zero-order valence-corrected chi connectivity index (χ0v) is 21.0. The molecule has 1 heterocycles. The van der Waals surface area contributed by atoms with Crippen LogP contribution in [0.2, 0.25) is 0 Å². The zero-order chi connectivity index (χ0) is 25.3. The van der Waals surface area contributed by atoms with Gasteiger partial charge in [0.05, 0.1) is 19.1 Å². The van der Waals surface area contributed by atoms with Gasteiger partial charge in [0.15, 0.2) is 0 Å². The first kappa shape index (κ1) is 26.5. The standard InChI is InChI=1S/C25H33N3O6S/c1-33-21-10-11-23(34-2)20(17-21)18-27-25(30)19-7-6-15-28(16-13-24(29)26-14-12-19)35(31,32)22-8-4-3-5-9-22/h3-5,8-11,17,19H,6-7,12-16,18H2,1-2H3,(H,26,29)(H,27,30). The third-order valence-electron chi connectivity index (χ3n) is 6.06. The number of nitrogens with zero attached hydrogens (tertiary/aromatic N) is 1. The highest BCUT2D eigenvalue weighted by Crippen LogP contribution is 2.24. The summed E-state index contributed by atoms with van der Waals surface area (Å²) in [7, 11) is -0.600. The molecule has 0 saturated carbocycles. The maximum Gasteiger partial charge on any atom is 0.243 e. The summed E-state index contributed by atoms with van der Waals surface area (Å²) in [6.07, 6.45) is 1.54. The third kappa shape index (κ3) is 7.19. The number of hydrogen-bond acceptors (Lipinski definition) is 6. The van der Waals surface area contributed by atoms with Crippen molar-refractivity contribution < 1.29 is 27.5 Å². The van der Waals surface area contributed by atoms with E-state index in [1.54, 1.807) is 56.7 Å². The molecule has 9 nitrogen and oxygen atoms in total. The van der Waals surface area contributed by atoms with Crippen LogP contribution in [0.1, 0.15) is 31.2 Å². The van der Waals surface area contributed by atoms with Gasteiger partial charge in [-0.05, 0) is 49.6 Å². The van der Waals surface area contributed by atoms with E-state index in [9.17, 15) is 18.0 Å². The fraction of sp³-hybridized carbons (Fsp3) is 0.440. The Morgan fingerprint density at radius 3 is 2.57 bits per heavy atom. The lowest BCUT2D eigenvalue weighted by atomic mass is 9.98. The molecule has 2 N–H and O–H groups in total. The molecule has 190 valence electrons. The van der Waals surface area contributed by atoms with Crippen molar-refractivity contribution in [3.63, 3.8) is 0 Å². The molecule has 10 heteroatoms. The van der Waals surface area contributed by atoms with Gasteiger partial charge in [-0.25, -0.2) is 8.42 Å². The monoisotopic (exact) mass is 503 g/mol. The van der Waals surface area contributed by atoms with Gasteiger partial charge in [0.2, 0.25) is 21.8 Å². The second-order valence-corrected chi connectivity index (χ2v) is 10.3. The number of ether oxygens (including phenoxy) is 2. The van der Waals surface area contributed by atoms with Crippen LogP contribution in [-0.4, -0.2) is 58.4 Å². The zero-order valence-electron chi connectivity index (χ0n) is 20.2. The van der Waals surface area contributed by atoms with Crippen molar-refractivity contribution in [1.82, 2.24) is 14.9 Å². The lowest BCUT2D eigenvalue weighted by Gasteiger charge is -2.22. The Kier molecular flexibility index (Phi) is 9.50. The van der Waals surface area contributed by atoms with Crippen LogP contribution in [0.5, 0.6) is 11.5 Å². The Morgan fingerprint density at radius 1 is 1.09 bits per heavy atom. The predicted molar refractivity (Wildman–Crippen MR) is 132 cm³/mol. The molecule has 0 aliphatic carbocycles. The smallest absolute Gasteiger partial charge is 0.243 e. The molecular weight excluding hydrogens is 470 g/mol. The summed E-state index contributed by atoms with van der Waals surface area (Å²) in [4.78, 5) is 25.5. The summed E-state index contributed by atoms with van der Waals surface area (Å²) < 4.78 is 38.2. The predicted octanol–water partition coefficient (Wildman–Crippen LogP) is 2.32. The van der Waals surface area contributed by atoms with Crippen molar-refractivity contribution in [2.45, 2.75) is 37.1 Å². The maximum absolute atomic E-state index is 13.1. The third-order valence-corrected chi connectivity index (χ3v) is 7.97. The Morgan fingerprint density at radius 2 is 1.86 bits per heavy atom. The van der Waals surface area contributed by atoms with Gasteiger partial charge < -0.3 is 20.1 Å². The number of rotatable bonds is 7. The quantitative estimate of drug-likeness (QED) is 0.600. The Balaban J connectivity index is 1.68. The average Bonchev–Trinajstić information content (AvgIpc) is 2.92. The normalized spacial score (nSPS) is 18.1. The number of carbonyl (C=O) groups excluding carboxylic acids is 2. The van der Waals surface area contributed by atoms with Crippen molar-refractivity contribution in [3.8, 4) is 11.5 Å². The van der Waals surface area contributed by atoms with Crippen molar-refractivity contribution in [3.05, 3.63) is 54.1 Å². The number of carbonyl (C=O) groups is 2. The van der Waals surface area contributed by atoms with Crippen molar-refractivity contribution in [2.75, 3.05) is 33.9 Å². The van der Waals surface area contributed by atoms with Crippen molar-refractivity contribution in [2.24, 2.45) is 5.92 Å². The molecule has 0 bridgehead atoms. The summed E-state index contributed by atoms with van der Waals surface area (Å²) >= 11 is 0. The second-order valence-electron chi connectivity index (χ2n) is 8.34. The number of benzene rings is 2. The van der Waals surface area contributed by atoms with Gasteiger partial charge in [-0.15, -0.1) is 0 Å². The fourth-order valence-electron chi connectivity index (χ4n) is 4.06. The molecule has 1 aliphatic rings. The van der Waals surface area contributed by atoms with E-state index in [1.807, 2.05) is 6.07 Å². The number of methoxy groups -OCH3 is 2. The molecule has 35 heavy (non-hydrogen) atoms. The Hall–Kier alpha value is -3.11. The van der Waals surface area contributed by atoms with E-state index >= 15 is 0 Å². The van der Waals surface area contributed by atoms with E-state index in [0.717, 1.165) is 5.56 Å². The minimum absolute atomic E-state index is 0.0680. The first-order valence-electron chi connectivity index (χ1n) is 11.7. The van der Waals surface area contributed by atoms with E-state index in [-0.39, 0.29) is 48.7 Å². The highest BCUT2D eigenvalue weighted by atomic mass is 32.2. The van der Waals surface area contributed by atoms with Crippen LogP contribution < -0.4 is 20.1 Å². The minimum Gasteiger partial charge on any atom is -0.497 e. The number of amides is 2. The molecule has 3 rings (SSSR count). The van der Waals surface area contributed by atoms with Crippen LogP contribution in [0.3, 0.4) is 0 Å². The molecule has 1 fully saturated rings. The summed E-state index contributed by atoms with van der Waals surface area (Å²) in [5.41, 5.74) is 0.783. The first-order valence-corrected chi connectivity index (χ1v) is 13.1. The van der Waals surface area contributed by atoms with Gasteiger partial charge in [-0.3, -0.25) is 9.59 Å². The van der Waals surface area contributed by atoms with Crippen LogP contribution in [-0.2, 0) is 26.2 Å². The van der Waals surface area contributed by atoms with Crippen molar-refractivity contribution >= 4 is 21.8 Å². The second kappa shape index (κ2) is 12.6. The van der Waals surface area contributed by atoms with E-state index in [0.29, 0.717) is 37.3 Å². The molecule has 0 spiro atoms. The summed E-state index contributed by atoms with van der Waals surface area (Å²) in [6.45, 7) is 0.939. The molecule has 0 radical (unpaired) electrons. The number of nitrogens with one attached hydrogen (secondary N) is 2. The van der Waals surface area contributed by atoms with Gasteiger partial charge in [-0.1, -0.05) is 18.2 Å². The molecule has 1 unspecified atom stereocenters. The average molecular weight is 504 g/mol. The largest absolute Gasteiger partial charge is 0.497 e. The van der Waals surface area contributed by atoms with Crippen LogP contribution in [0.4, 0.5) is 0 Å². The van der Waals surface area contributed by atoms with Gasteiger partial charge in [0.25, 0.3) is 0 Å². The lowest BCUT2D eigenvalue weighted by molar-refractivity contribution is -0.126. The summed E-state index contributed by atoms with van der Waals surface area (Å²) in [5.74, 6) is 0.544. The number of sulfonamides is 1. The topological polar surface area (TPSA) is 114 Å². The molecule has 0 aromatic heterocycles. The molecular formula is C25H33N3O6S. The van der Waals surface area contributed by atoms with E-state index < -0.39 is 10.0 Å². The van der Waals surface area contributed by atoms with Crippen LogP contribution >= 0.6 is 0 Å². The van der Waals surface area contributed by atoms with Gasteiger partial charge in [0, 0.05) is 44.1 Å². The number of hydrogen-bond donors (Lipinski definition) is 2. The van der Waals surface area contributed by atoms with E-state index in [1.165, 1.54) is 4.31 Å². The molecule has 1 aliphatic heterocycles. The SMILES string of the molecule is COc1ccc(OC)c(CNC(=O)C2CCCN(S(=O)(=O)c3ccccc3)CCC(=O)NCC2)c1. The highest BCUT2D eigenvalue weighted by Gasteiger charge is 2.27. The fourth-order valence-corrected chi connectivity index (χ4v) is 5.56. The Bertz CT molecular complexity index is 1110. The van der Waals surface area contributed by atoms with Gasteiger partial charge in [0.1, 0.15) is 11.5 Å². The molecule has 1 saturated heterocycles. The van der Waals surface area contributed by atoms with Crippen LogP contribution in [0.15, 0.2) is 53.4 Å². The van der Waals surface area contributed by atoms with Gasteiger partial charge in [-0.2, -0.15) is 4.31 Å². The molecule has 1 atom stereocenters. The summed E-state index contributed by atoms with van der Waals surface area (Å²) in [6, 6.07) is 13.6. The molecule has 2 amide bonds.